The molecule has 0 spiro atoms. The minimum absolute atomic E-state index is 0.0401. The van der Waals surface area contributed by atoms with Gasteiger partial charge in [-0.15, -0.1) is 0 Å². The number of esters is 1. The van der Waals surface area contributed by atoms with Crippen LogP contribution >= 0.6 is 0 Å². The third kappa shape index (κ3) is 3.03. The lowest BCUT2D eigenvalue weighted by atomic mass is 10.1. The summed E-state index contributed by atoms with van der Waals surface area (Å²) in [6.07, 6.45) is -0.948. The zero-order chi connectivity index (χ0) is 13.2. The summed E-state index contributed by atoms with van der Waals surface area (Å²) in [5.74, 6) is -0.631. The Labute approximate surface area is 103 Å². The fourth-order valence-electron chi connectivity index (χ4n) is 2.10. The number of hydrogen-bond donors (Lipinski definition) is 0. The molecule has 0 aliphatic heterocycles. The van der Waals surface area contributed by atoms with Crippen molar-refractivity contribution in [3.05, 3.63) is 29.8 Å². The first kappa shape index (κ1) is 12.9. The molecule has 0 heterocycles. The molecule has 0 aromatic heterocycles. The van der Waals surface area contributed by atoms with E-state index in [1.54, 1.807) is 0 Å². The van der Waals surface area contributed by atoms with Crippen molar-refractivity contribution in [2.45, 2.75) is 31.9 Å². The molecule has 0 unspecified atom stereocenters. The van der Waals surface area contributed by atoms with Crippen molar-refractivity contribution in [3.8, 4) is 5.75 Å². The van der Waals surface area contributed by atoms with Crippen molar-refractivity contribution in [3.63, 3.8) is 0 Å². The van der Waals surface area contributed by atoms with Crippen LogP contribution in [0, 0.1) is 5.92 Å². The maximum atomic E-state index is 12.5. The molecule has 1 aliphatic carbocycles. The molecule has 0 bridgehead atoms. The summed E-state index contributed by atoms with van der Waals surface area (Å²) in [6, 6.07) is 4.40. The Balaban J connectivity index is 2.07. The second-order valence-corrected chi connectivity index (χ2v) is 4.43. The Bertz CT molecular complexity index is 434. The van der Waals surface area contributed by atoms with Gasteiger partial charge in [0.2, 0.25) is 0 Å². The third-order valence-electron chi connectivity index (χ3n) is 3.07. The molecule has 1 aromatic carbocycles. The topological polar surface area (TPSA) is 26.3 Å². The number of benzene rings is 1. The van der Waals surface area contributed by atoms with Crippen LogP contribution in [-0.2, 0) is 11.0 Å². The van der Waals surface area contributed by atoms with Crippen LogP contribution in [0.4, 0.5) is 13.2 Å². The minimum Gasteiger partial charge on any atom is -0.426 e. The fraction of sp³-hybridized carbons (Fsp3) is 0.462. The molecule has 0 N–H and O–H groups in total. The van der Waals surface area contributed by atoms with Crippen LogP contribution in [-0.4, -0.2) is 5.97 Å². The standard InChI is InChI=1S/C13H13F3O2/c14-13(15,16)10-6-3-7-11(8-10)18-12(17)9-4-1-2-5-9/h3,6-9H,1-2,4-5H2. The lowest BCUT2D eigenvalue weighted by Gasteiger charge is -2.11. The van der Waals surface area contributed by atoms with E-state index in [0.29, 0.717) is 0 Å². The molecule has 2 nitrogen and oxygen atoms in total. The van der Waals surface area contributed by atoms with E-state index in [2.05, 4.69) is 0 Å². The van der Waals surface area contributed by atoms with E-state index in [0.717, 1.165) is 37.8 Å². The predicted molar refractivity (Wildman–Crippen MR) is 59.0 cm³/mol. The molecule has 0 saturated heterocycles. The number of halogens is 3. The van der Waals surface area contributed by atoms with Gasteiger partial charge in [-0.1, -0.05) is 18.9 Å². The van der Waals surface area contributed by atoms with Crippen molar-refractivity contribution in [1.82, 2.24) is 0 Å². The van der Waals surface area contributed by atoms with Crippen molar-refractivity contribution in [1.29, 1.82) is 0 Å². The third-order valence-corrected chi connectivity index (χ3v) is 3.07. The van der Waals surface area contributed by atoms with Crippen LogP contribution in [0.1, 0.15) is 31.2 Å². The van der Waals surface area contributed by atoms with Crippen molar-refractivity contribution < 1.29 is 22.7 Å². The molecule has 5 heteroatoms. The number of alkyl halides is 3. The maximum absolute atomic E-state index is 12.5. The Kier molecular flexibility index (Phi) is 3.59. The lowest BCUT2D eigenvalue weighted by molar-refractivity contribution is -0.140. The average molecular weight is 258 g/mol. The second kappa shape index (κ2) is 5.00. The van der Waals surface area contributed by atoms with E-state index < -0.39 is 17.7 Å². The summed E-state index contributed by atoms with van der Waals surface area (Å²) in [4.78, 5) is 11.7. The van der Waals surface area contributed by atoms with Gasteiger partial charge in [-0.25, -0.2) is 0 Å². The van der Waals surface area contributed by atoms with Gasteiger partial charge < -0.3 is 4.74 Å². The summed E-state index contributed by atoms with van der Waals surface area (Å²) >= 11 is 0. The Morgan fingerprint density at radius 2 is 1.89 bits per heavy atom. The SMILES string of the molecule is O=C(Oc1cccc(C(F)(F)F)c1)C1CCCC1. The highest BCUT2D eigenvalue weighted by molar-refractivity contribution is 5.75. The second-order valence-electron chi connectivity index (χ2n) is 4.43. The van der Waals surface area contributed by atoms with E-state index in [-0.39, 0.29) is 11.7 Å². The van der Waals surface area contributed by atoms with Gasteiger partial charge in [0.15, 0.2) is 0 Å². The fourth-order valence-corrected chi connectivity index (χ4v) is 2.10. The number of carbonyl (C=O) groups is 1. The first-order valence-electron chi connectivity index (χ1n) is 5.86. The van der Waals surface area contributed by atoms with Gasteiger partial charge in [0.05, 0.1) is 11.5 Å². The zero-order valence-corrected chi connectivity index (χ0v) is 9.67. The largest absolute Gasteiger partial charge is 0.426 e. The molecule has 1 saturated carbocycles. The van der Waals surface area contributed by atoms with E-state index in [1.807, 2.05) is 0 Å². The smallest absolute Gasteiger partial charge is 0.416 e. The molecule has 1 aliphatic rings. The first-order chi connectivity index (χ1) is 8.47. The molecule has 1 fully saturated rings. The molecule has 0 radical (unpaired) electrons. The highest BCUT2D eigenvalue weighted by atomic mass is 19.4. The van der Waals surface area contributed by atoms with Gasteiger partial charge in [0, 0.05) is 0 Å². The van der Waals surface area contributed by atoms with E-state index >= 15 is 0 Å². The normalized spacial score (nSPS) is 16.8. The van der Waals surface area contributed by atoms with E-state index in [9.17, 15) is 18.0 Å². The zero-order valence-electron chi connectivity index (χ0n) is 9.67. The van der Waals surface area contributed by atoms with Gasteiger partial charge >= 0.3 is 12.1 Å². The molecule has 0 amide bonds. The number of carbonyl (C=O) groups excluding carboxylic acids is 1. The quantitative estimate of drug-likeness (QED) is 0.595. The van der Waals surface area contributed by atoms with Crippen LogP contribution in [0.15, 0.2) is 24.3 Å². The van der Waals surface area contributed by atoms with Crippen molar-refractivity contribution >= 4 is 5.97 Å². The number of hydrogen-bond acceptors (Lipinski definition) is 2. The summed E-state index contributed by atoms with van der Waals surface area (Å²) in [5.41, 5.74) is -0.806. The highest BCUT2D eigenvalue weighted by Crippen LogP contribution is 2.32. The van der Waals surface area contributed by atoms with E-state index in [4.69, 9.17) is 4.74 Å². The summed E-state index contributed by atoms with van der Waals surface area (Å²) in [7, 11) is 0. The highest BCUT2D eigenvalue weighted by Gasteiger charge is 2.31. The summed E-state index contributed by atoms with van der Waals surface area (Å²) in [6.45, 7) is 0. The van der Waals surface area contributed by atoms with Crippen LogP contribution in [0.2, 0.25) is 0 Å². The lowest BCUT2D eigenvalue weighted by Crippen LogP contribution is -2.18. The van der Waals surface area contributed by atoms with Gasteiger partial charge in [-0.2, -0.15) is 13.2 Å². The van der Waals surface area contributed by atoms with Crippen LogP contribution in [0.25, 0.3) is 0 Å². The monoisotopic (exact) mass is 258 g/mol. The first-order valence-corrected chi connectivity index (χ1v) is 5.86. The van der Waals surface area contributed by atoms with Crippen molar-refractivity contribution in [2.75, 3.05) is 0 Å². The Morgan fingerprint density at radius 1 is 1.22 bits per heavy atom. The van der Waals surface area contributed by atoms with Gasteiger partial charge in [-0.05, 0) is 31.0 Å². The van der Waals surface area contributed by atoms with Crippen LogP contribution < -0.4 is 4.74 Å². The van der Waals surface area contributed by atoms with Gasteiger partial charge in [0.1, 0.15) is 5.75 Å². The summed E-state index contributed by atoms with van der Waals surface area (Å²) < 4.78 is 42.4. The maximum Gasteiger partial charge on any atom is 0.416 e. The number of ether oxygens (including phenoxy) is 1. The summed E-state index contributed by atoms with van der Waals surface area (Å²) in [5, 5.41) is 0. The molecular formula is C13H13F3O2. The number of rotatable bonds is 2. The Hall–Kier alpha value is -1.52. The average Bonchev–Trinajstić information content (AvgIpc) is 2.81. The van der Waals surface area contributed by atoms with Crippen LogP contribution in [0.5, 0.6) is 5.75 Å². The van der Waals surface area contributed by atoms with E-state index in [1.165, 1.54) is 12.1 Å². The molecule has 98 valence electrons. The van der Waals surface area contributed by atoms with Gasteiger partial charge in [-0.3, -0.25) is 4.79 Å². The molecule has 2 rings (SSSR count). The molecule has 0 atom stereocenters. The molecular weight excluding hydrogens is 245 g/mol. The minimum atomic E-state index is -4.42. The predicted octanol–water partition coefficient (Wildman–Crippen LogP) is 3.80. The van der Waals surface area contributed by atoms with Gasteiger partial charge in [0.25, 0.3) is 0 Å². The molecule has 18 heavy (non-hydrogen) atoms. The van der Waals surface area contributed by atoms with Crippen molar-refractivity contribution in [2.24, 2.45) is 5.92 Å². The molecule has 1 aromatic rings. The van der Waals surface area contributed by atoms with Crippen LogP contribution in [0.3, 0.4) is 0 Å². The Morgan fingerprint density at radius 3 is 2.50 bits per heavy atom.